The largest absolute Gasteiger partial charge is 0.508 e. The summed E-state index contributed by atoms with van der Waals surface area (Å²) < 4.78 is 4.35. The molecule has 0 amide bonds. The maximum absolute atomic E-state index is 9.48. The molecule has 0 aliphatic carbocycles. The number of aromatic nitrogens is 2. The molecule has 0 saturated heterocycles. The molecular formula is C17H16ClN3OS. The van der Waals surface area contributed by atoms with Gasteiger partial charge in [-0.3, -0.25) is 0 Å². The molecule has 3 rings (SSSR count). The number of rotatable bonds is 6. The van der Waals surface area contributed by atoms with E-state index >= 15 is 0 Å². The van der Waals surface area contributed by atoms with Crippen LogP contribution in [0.3, 0.4) is 0 Å². The molecule has 3 aromatic rings. The van der Waals surface area contributed by atoms with Crippen LogP contribution in [0.2, 0.25) is 5.02 Å². The fourth-order valence-electron chi connectivity index (χ4n) is 2.25. The van der Waals surface area contributed by atoms with Crippen molar-refractivity contribution in [2.75, 3.05) is 11.9 Å². The maximum Gasteiger partial charge on any atom is 0.202 e. The minimum absolute atomic E-state index is 0.262. The molecule has 2 aromatic carbocycles. The Morgan fingerprint density at radius 3 is 2.74 bits per heavy atom. The van der Waals surface area contributed by atoms with Crippen molar-refractivity contribution in [3.05, 3.63) is 70.5 Å². The molecule has 0 aliphatic heterocycles. The van der Waals surface area contributed by atoms with Crippen LogP contribution < -0.4 is 5.32 Å². The topological polar surface area (TPSA) is 58.0 Å². The van der Waals surface area contributed by atoms with E-state index in [-0.39, 0.29) is 5.75 Å². The Balaban J connectivity index is 1.53. The van der Waals surface area contributed by atoms with Crippen LogP contribution in [0.4, 0.5) is 5.13 Å². The van der Waals surface area contributed by atoms with Gasteiger partial charge in [0.1, 0.15) is 11.6 Å². The van der Waals surface area contributed by atoms with Crippen LogP contribution >= 0.6 is 23.1 Å². The Bertz CT molecular complexity index is 791. The molecule has 0 fully saturated rings. The average Bonchev–Trinajstić information content (AvgIpc) is 2.95. The average molecular weight is 346 g/mol. The zero-order chi connectivity index (χ0) is 16.1. The molecule has 0 atom stereocenters. The van der Waals surface area contributed by atoms with Gasteiger partial charge in [0, 0.05) is 29.5 Å². The van der Waals surface area contributed by atoms with E-state index in [1.54, 1.807) is 12.1 Å². The summed E-state index contributed by atoms with van der Waals surface area (Å²) in [5.41, 5.74) is 2.18. The minimum atomic E-state index is 0.262. The number of benzene rings is 2. The molecule has 6 heteroatoms. The second kappa shape index (κ2) is 7.44. The third-order valence-corrected chi connectivity index (χ3v) is 4.27. The van der Waals surface area contributed by atoms with Gasteiger partial charge in [0.15, 0.2) is 0 Å². The van der Waals surface area contributed by atoms with E-state index in [0.717, 1.165) is 34.5 Å². The smallest absolute Gasteiger partial charge is 0.202 e. The van der Waals surface area contributed by atoms with Crippen molar-refractivity contribution in [2.24, 2.45) is 0 Å². The Kier molecular flexibility index (Phi) is 5.10. The molecular weight excluding hydrogens is 330 g/mol. The number of phenolic OH excluding ortho intramolecular Hbond substituents is 1. The summed E-state index contributed by atoms with van der Waals surface area (Å²) in [5, 5.41) is 14.3. The quantitative estimate of drug-likeness (QED) is 0.704. The van der Waals surface area contributed by atoms with Crippen molar-refractivity contribution in [3.8, 4) is 5.75 Å². The van der Waals surface area contributed by atoms with Gasteiger partial charge >= 0.3 is 0 Å². The monoisotopic (exact) mass is 345 g/mol. The van der Waals surface area contributed by atoms with Gasteiger partial charge in [0.2, 0.25) is 5.13 Å². The van der Waals surface area contributed by atoms with Gasteiger partial charge in [-0.1, -0.05) is 35.9 Å². The number of nitrogens with zero attached hydrogens (tertiary/aromatic N) is 2. The molecule has 0 saturated carbocycles. The number of nitrogens with one attached hydrogen (secondary N) is 1. The number of hydrogen-bond acceptors (Lipinski definition) is 5. The second-order valence-electron chi connectivity index (χ2n) is 5.17. The summed E-state index contributed by atoms with van der Waals surface area (Å²) in [5.74, 6) is 1.02. The molecule has 0 radical (unpaired) electrons. The van der Waals surface area contributed by atoms with Crippen LogP contribution in [0.5, 0.6) is 5.75 Å². The molecule has 118 valence electrons. The maximum atomic E-state index is 9.48. The number of anilines is 1. The zero-order valence-electron chi connectivity index (χ0n) is 12.4. The van der Waals surface area contributed by atoms with Gasteiger partial charge in [-0.25, -0.2) is 4.98 Å². The molecule has 1 heterocycles. The van der Waals surface area contributed by atoms with E-state index in [9.17, 15) is 5.11 Å². The van der Waals surface area contributed by atoms with Crippen molar-refractivity contribution in [1.82, 2.24) is 9.36 Å². The van der Waals surface area contributed by atoms with Crippen LogP contribution in [0.15, 0.2) is 48.5 Å². The Morgan fingerprint density at radius 1 is 1.09 bits per heavy atom. The summed E-state index contributed by atoms with van der Waals surface area (Å²) in [6.07, 6.45) is 1.49. The lowest BCUT2D eigenvalue weighted by Gasteiger charge is -2.03. The van der Waals surface area contributed by atoms with Crippen LogP contribution in [0.1, 0.15) is 17.0 Å². The highest BCUT2D eigenvalue weighted by Crippen LogP contribution is 2.17. The van der Waals surface area contributed by atoms with Crippen molar-refractivity contribution in [3.63, 3.8) is 0 Å². The van der Waals surface area contributed by atoms with Crippen LogP contribution in [-0.2, 0) is 12.8 Å². The van der Waals surface area contributed by atoms with E-state index in [1.807, 2.05) is 30.3 Å². The standard InChI is InChI=1S/C17H16ClN3OS/c18-14-5-1-3-12(9-14)7-8-19-17-20-16(21-23-17)11-13-4-2-6-15(22)10-13/h1-6,9-10,22H,7-8,11H2,(H,19,20,21). The summed E-state index contributed by atoms with van der Waals surface area (Å²) in [7, 11) is 0. The number of hydrogen-bond donors (Lipinski definition) is 2. The molecule has 4 nitrogen and oxygen atoms in total. The van der Waals surface area contributed by atoms with E-state index < -0.39 is 0 Å². The normalized spacial score (nSPS) is 10.7. The van der Waals surface area contributed by atoms with Gasteiger partial charge in [-0.2, -0.15) is 4.37 Å². The summed E-state index contributed by atoms with van der Waals surface area (Å²) in [6, 6.07) is 15.0. The molecule has 0 aliphatic rings. The van der Waals surface area contributed by atoms with Crippen molar-refractivity contribution >= 4 is 28.3 Å². The van der Waals surface area contributed by atoms with Crippen molar-refractivity contribution in [1.29, 1.82) is 0 Å². The van der Waals surface area contributed by atoms with Gasteiger partial charge < -0.3 is 10.4 Å². The van der Waals surface area contributed by atoms with Gasteiger partial charge in [0.25, 0.3) is 0 Å². The minimum Gasteiger partial charge on any atom is -0.508 e. The lowest BCUT2D eigenvalue weighted by atomic mass is 10.1. The molecule has 23 heavy (non-hydrogen) atoms. The SMILES string of the molecule is Oc1cccc(Cc2nsc(NCCc3cccc(Cl)c3)n2)c1. The third kappa shape index (κ3) is 4.68. The fourth-order valence-corrected chi connectivity index (χ4v) is 3.08. The van der Waals surface area contributed by atoms with Crippen LogP contribution in [-0.4, -0.2) is 21.0 Å². The first-order valence-corrected chi connectivity index (χ1v) is 8.43. The molecule has 2 N–H and O–H groups in total. The highest BCUT2D eigenvalue weighted by molar-refractivity contribution is 7.09. The van der Waals surface area contributed by atoms with Crippen molar-refractivity contribution < 1.29 is 5.11 Å². The number of halogens is 1. The van der Waals surface area contributed by atoms with E-state index in [1.165, 1.54) is 17.1 Å². The van der Waals surface area contributed by atoms with Crippen LogP contribution in [0.25, 0.3) is 0 Å². The summed E-state index contributed by atoms with van der Waals surface area (Å²) in [4.78, 5) is 4.47. The van der Waals surface area contributed by atoms with E-state index in [0.29, 0.717) is 6.42 Å². The highest BCUT2D eigenvalue weighted by atomic mass is 35.5. The second-order valence-corrected chi connectivity index (χ2v) is 6.36. The summed E-state index contributed by atoms with van der Waals surface area (Å²) in [6.45, 7) is 0.779. The highest BCUT2D eigenvalue weighted by Gasteiger charge is 2.05. The first-order chi connectivity index (χ1) is 11.2. The fraction of sp³-hybridized carbons (Fsp3) is 0.176. The van der Waals surface area contributed by atoms with Gasteiger partial charge in [0.05, 0.1) is 0 Å². The molecule has 0 bridgehead atoms. The van der Waals surface area contributed by atoms with Gasteiger partial charge in [-0.15, -0.1) is 0 Å². The van der Waals surface area contributed by atoms with Crippen molar-refractivity contribution in [2.45, 2.75) is 12.8 Å². The lowest BCUT2D eigenvalue weighted by molar-refractivity contribution is 0.474. The van der Waals surface area contributed by atoms with E-state index in [4.69, 9.17) is 11.6 Å². The van der Waals surface area contributed by atoms with Gasteiger partial charge in [-0.05, 0) is 41.8 Å². The molecule has 0 spiro atoms. The van der Waals surface area contributed by atoms with E-state index in [2.05, 4.69) is 20.7 Å². The lowest BCUT2D eigenvalue weighted by Crippen LogP contribution is -2.04. The predicted molar refractivity (Wildman–Crippen MR) is 94.5 cm³/mol. The van der Waals surface area contributed by atoms with Crippen LogP contribution in [0, 0.1) is 0 Å². The molecule has 1 aromatic heterocycles. The first kappa shape index (κ1) is 15.8. The summed E-state index contributed by atoms with van der Waals surface area (Å²) >= 11 is 7.32. The predicted octanol–water partition coefficient (Wildman–Crippen LogP) is 4.14. The Hall–Kier alpha value is -2.11. The Labute approximate surface area is 144 Å². The zero-order valence-corrected chi connectivity index (χ0v) is 13.9. The first-order valence-electron chi connectivity index (χ1n) is 7.28. The Morgan fingerprint density at radius 2 is 1.91 bits per heavy atom. The third-order valence-electron chi connectivity index (χ3n) is 3.32. The molecule has 0 unspecified atom stereocenters. The number of phenols is 1. The number of aromatic hydroxyl groups is 1.